The Kier molecular flexibility index (Phi) is 10.5. The zero-order chi connectivity index (χ0) is 23.7. The number of carbonyl (C=O) groups excluding carboxylic acids is 3. The van der Waals surface area contributed by atoms with E-state index in [0.717, 1.165) is 12.8 Å². The monoisotopic (exact) mass is 451 g/mol. The highest BCUT2D eigenvalue weighted by atomic mass is 16.4. The summed E-state index contributed by atoms with van der Waals surface area (Å²) in [6.07, 6.45) is 8.53. The molecule has 1 heterocycles. The molecule has 1 unspecified atom stereocenters. The number of hydrogen-bond donors (Lipinski definition) is 3. The largest absolute Gasteiger partial charge is 0.481 e. The number of likely N-dealkylation sites (tertiary alicyclic amines) is 1. The van der Waals surface area contributed by atoms with Crippen LogP contribution in [0.1, 0.15) is 85.0 Å². The second-order valence-corrected chi connectivity index (χ2v) is 9.85. The van der Waals surface area contributed by atoms with Crippen molar-refractivity contribution in [3.8, 4) is 0 Å². The first-order valence-electron chi connectivity index (χ1n) is 12.3. The minimum Gasteiger partial charge on any atom is -0.481 e. The van der Waals surface area contributed by atoms with Crippen LogP contribution < -0.4 is 10.6 Å². The van der Waals surface area contributed by atoms with Gasteiger partial charge in [-0.15, -0.1) is 0 Å². The summed E-state index contributed by atoms with van der Waals surface area (Å²) in [4.78, 5) is 51.1. The van der Waals surface area contributed by atoms with Crippen molar-refractivity contribution in [2.45, 2.75) is 97.1 Å². The molecule has 0 spiro atoms. The van der Waals surface area contributed by atoms with E-state index in [1.54, 1.807) is 4.90 Å². The van der Waals surface area contributed by atoms with Gasteiger partial charge in [-0.05, 0) is 37.0 Å². The Labute approximate surface area is 191 Å². The van der Waals surface area contributed by atoms with Crippen LogP contribution in [0.15, 0.2) is 0 Å². The Morgan fingerprint density at radius 3 is 2.25 bits per heavy atom. The van der Waals surface area contributed by atoms with Gasteiger partial charge in [0, 0.05) is 19.5 Å². The second kappa shape index (κ2) is 12.8. The predicted molar refractivity (Wildman–Crippen MR) is 122 cm³/mol. The summed E-state index contributed by atoms with van der Waals surface area (Å²) in [5, 5.41) is 14.4. The SMILES string of the molecule is CC(C)[C@H](NC(=O)C[C@@H](C)C1CCCCC1)C(=O)N1CCCCC1C(=O)NCCC(=O)O. The number of nitrogens with one attached hydrogen (secondary N) is 2. The van der Waals surface area contributed by atoms with Crippen molar-refractivity contribution < 1.29 is 24.3 Å². The molecule has 0 aromatic carbocycles. The lowest BCUT2D eigenvalue weighted by Crippen LogP contribution is -2.58. The minimum absolute atomic E-state index is 0.0378. The highest BCUT2D eigenvalue weighted by Crippen LogP contribution is 2.31. The first-order valence-corrected chi connectivity index (χ1v) is 12.3. The third-order valence-electron chi connectivity index (χ3n) is 6.94. The molecule has 8 nitrogen and oxygen atoms in total. The average molecular weight is 452 g/mol. The Hall–Kier alpha value is -2.12. The molecule has 1 aliphatic heterocycles. The van der Waals surface area contributed by atoms with Gasteiger partial charge in [0.05, 0.1) is 6.42 Å². The molecule has 3 atom stereocenters. The quantitative estimate of drug-likeness (QED) is 0.472. The molecule has 0 radical (unpaired) electrons. The predicted octanol–water partition coefficient (Wildman–Crippen LogP) is 2.71. The molecular weight excluding hydrogens is 410 g/mol. The Morgan fingerprint density at radius 2 is 1.62 bits per heavy atom. The number of hydrogen-bond acceptors (Lipinski definition) is 4. The minimum atomic E-state index is -0.980. The molecule has 0 aromatic rings. The van der Waals surface area contributed by atoms with Gasteiger partial charge in [-0.25, -0.2) is 0 Å². The fraction of sp³-hybridized carbons (Fsp3) is 0.833. The molecule has 1 saturated carbocycles. The van der Waals surface area contributed by atoms with E-state index in [-0.39, 0.29) is 36.6 Å². The molecule has 182 valence electrons. The topological polar surface area (TPSA) is 116 Å². The number of rotatable bonds is 10. The van der Waals surface area contributed by atoms with Crippen LogP contribution in [0.5, 0.6) is 0 Å². The van der Waals surface area contributed by atoms with Crippen LogP contribution in [0.2, 0.25) is 0 Å². The van der Waals surface area contributed by atoms with Gasteiger partial charge in [-0.1, -0.05) is 52.9 Å². The third-order valence-corrected chi connectivity index (χ3v) is 6.94. The third kappa shape index (κ3) is 7.78. The van der Waals surface area contributed by atoms with Gasteiger partial charge in [0.1, 0.15) is 12.1 Å². The highest BCUT2D eigenvalue weighted by Gasteiger charge is 2.37. The molecule has 2 rings (SSSR count). The molecule has 3 N–H and O–H groups in total. The molecule has 32 heavy (non-hydrogen) atoms. The Bertz CT molecular complexity index is 660. The average Bonchev–Trinajstić information content (AvgIpc) is 2.77. The second-order valence-electron chi connectivity index (χ2n) is 9.85. The van der Waals surface area contributed by atoms with Crippen LogP contribution in [0.25, 0.3) is 0 Å². The fourth-order valence-electron chi connectivity index (χ4n) is 4.97. The zero-order valence-corrected chi connectivity index (χ0v) is 19.9. The molecule has 3 amide bonds. The van der Waals surface area contributed by atoms with E-state index in [2.05, 4.69) is 17.6 Å². The van der Waals surface area contributed by atoms with E-state index in [1.807, 2.05) is 13.8 Å². The van der Waals surface area contributed by atoms with Gasteiger partial charge in [0.2, 0.25) is 17.7 Å². The van der Waals surface area contributed by atoms with Crippen molar-refractivity contribution in [3.63, 3.8) is 0 Å². The van der Waals surface area contributed by atoms with Crippen LogP contribution in [0.3, 0.4) is 0 Å². The van der Waals surface area contributed by atoms with Crippen LogP contribution in [-0.4, -0.2) is 58.9 Å². The van der Waals surface area contributed by atoms with Crippen molar-refractivity contribution in [3.05, 3.63) is 0 Å². The van der Waals surface area contributed by atoms with E-state index >= 15 is 0 Å². The Morgan fingerprint density at radius 1 is 0.969 bits per heavy atom. The first-order chi connectivity index (χ1) is 15.2. The van der Waals surface area contributed by atoms with Crippen molar-refractivity contribution in [2.24, 2.45) is 17.8 Å². The van der Waals surface area contributed by atoms with Crippen molar-refractivity contribution >= 4 is 23.7 Å². The highest BCUT2D eigenvalue weighted by molar-refractivity contribution is 5.92. The summed E-state index contributed by atoms with van der Waals surface area (Å²) < 4.78 is 0. The maximum absolute atomic E-state index is 13.4. The van der Waals surface area contributed by atoms with Crippen LogP contribution >= 0.6 is 0 Å². The maximum Gasteiger partial charge on any atom is 0.305 e. The number of nitrogens with zero attached hydrogens (tertiary/aromatic N) is 1. The summed E-state index contributed by atoms with van der Waals surface area (Å²) >= 11 is 0. The molecule has 2 fully saturated rings. The number of carboxylic acid groups (broad SMARTS) is 1. The smallest absolute Gasteiger partial charge is 0.305 e. The summed E-state index contributed by atoms with van der Waals surface area (Å²) in [5.41, 5.74) is 0. The number of carboxylic acids is 1. The van der Waals surface area contributed by atoms with Crippen LogP contribution in [0.4, 0.5) is 0 Å². The summed E-state index contributed by atoms with van der Waals surface area (Å²) in [6.45, 7) is 6.44. The van der Waals surface area contributed by atoms with Crippen LogP contribution in [0, 0.1) is 17.8 Å². The molecular formula is C24H41N3O5. The number of piperidine rings is 1. The van der Waals surface area contributed by atoms with E-state index in [9.17, 15) is 19.2 Å². The van der Waals surface area contributed by atoms with Crippen LogP contribution in [-0.2, 0) is 19.2 Å². The Balaban J connectivity index is 1.98. The zero-order valence-electron chi connectivity index (χ0n) is 19.9. The van der Waals surface area contributed by atoms with Gasteiger partial charge in [0.25, 0.3) is 0 Å². The van der Waals surface area contributed by atoms with E-state index in [0.29, 0.717) is 31.2 Å². The van der Waals surface area contributed by atoms with Gasteiger partial charge < -0.3 is 20.6 Å². The molecule has 2 aliphatic rings. The number of amides is 3. The number of aliphatic carboxylic acids is 1. The lowest BCUT2D eigenvalue weighted by molar-refractivity contribution is -0.146. The fourth-order valence-corrected chi connectivity index (χ4v) is 4.97. The van der Waals surface area contributed by atoms with Gasteiger partial charge in [-0.3, -0.25) is 19.2 Å². The normalized spacial score (nSPS) is 21.6. The van der Waals surface area contributed by atoms with E-state index in [4.69, 9.17) is 5.11 Å². The first kappa shape index (κ1) is 26.1. The lowest BCUT2D eigenvalue weighted by atomic mass is 9.79. The van der Waals surface area contributed by atoms with E-state index in [1.165, 1.54) is 32.1 Å². The van der Waals surface area contributed by atoms with Crippen molar-refractivity contribution in [1.29, 1.82) is 0 Å². The molecule has 1 saturated heterocycles. The molecule has 0 bridgehead atoms. The summed E-state index contributed by atoms with van der Waals surface area (Å²) in [5.74, 6) is -0.865. The number of carbonyl (C=O) groups is 4. The van der Waals surface area contributed by atoms with Gasteiger partial charge in [0.15, 0.2) is 0 Å². The molecule has 0 aromatic heterocycles. The van der Waals surface area contributed by atoms with Gasteiger partial charge in [-0.2, -0.15) is 0 Å². The maximum atomic E-state index is 13.4. The molecule has 1 aliphatic carbocycles. The lowest BCUT2D eigenvalue weighted by Gasteiger charge is -2.38. The van der Waals surface area contributed by atoms with E-state index < -0.39 is 18.1 Å². The standard InChI is InChI=1S/C24H41N3O5/c1-16(2)22(26-20(28)15-17(3)18-9-5-4-6-10-18)24(32)27-14-8-7-11-19(27)23(31)25-13-12-21(29)30/h16-19,22H,4-15H2,1-3H3,(H,25,31)(H,26,28)(H,29,30)/t17-,19?,22+/m1/s1. The summed E-state index contributed by atoms with van der Waals surface area (Å²) in [6, 6.07) is -1.29. The van der Waals surface area contributed by atoms with Gasteiger partial charge >= 0.3 is 5.97 Å². The van der Waals surface area contributed by atoms with Crippen molar-refractivity contribution in [1.82, 2.24) is 15.5 Å². The van der Waals surface area contributed by atoms with Crippen molar-refractivity contribution in [2.75, 3.05) is 13.1 Å². The summed E-state index contributed by atoms with van der Waals surface area (Å²) in [7, 11) is 0. The molecule has 8 heteroatoms.